The third-order valence-corrected chi connectivity index (χ3v) is 4.25. The largest absolute Gasteiger partial charge is 0.481 e. The summed E-state index contributed by atoms with van der Waals surface area (Å²) in [5.41, 5.74) is 0.242. The molecule has 0 radical (unpaired) electrons. The van der Waals surface area contributed by atoms with Crippen molar-refractivity contribution in [1.82, 2.24) is 4.90 Å². The molecule has 1 aliphatic rings. The Kier molecular flexibility index (Phi) is 4.95. The summed E-state index contributed by atoms with van der Waals surface area (Å²) in [4.78, 5) is 23.8. The zero-order valence-corrected chi connectivity index (χ0v) is 12.9. The molecule has 2 rings (SSSR count). The number of carbonyl (C=O) groups is 2. The smallest absolute Gasteiger partial charge is 0.394 e. The van der Waals surface area contributed by atoms with Crippen molar-refractivity contribution in [3.8, 4) is 0 Å². The minimum Gasteiger partial charge on any atom is -0.481 e. The highest BCUT2D eigenvalue weighted by Gasteiger charge is 2.53. The van der Waals surface area contributed by atoms with Crippen LogP contribution in [0.1, 0.15) is 0 Å². The first kappa shape index (κ1) is 17.7. The van der Waals surface area contributed by atoms with E-state index in [0.717, 1.165) is 4.90 Å². The highest BCUT2D eigenvalue weighted by Crippen LogP contribution is 2.38. The van der Waals surface area contributed by atoms with E-state index < -0.39 is 43.1 Å². The maximum atomic E-state index is 12.9. The Morgan fingerprint density at radius 1 is 1.22 bits per heavy atom. The molecule has 23 heavy (non-hydrogen) atoms. The molecule has 1 fully saturated rings. The fraction of sp³-hybridized carbons (Fsp3) is 0.385. The van der Waals surface area contributed by atoms with Crippen LogP contribution in [-0.2, 0) is 4.79 Å². The molecule has 2 atom stereocenters. The second-order valence-corrected chi connectivity index (χ2v) is 5.87. The van der Waals surface area contributed by atoms with Gasteiger partial charge in [-0.25, -0.2) is 4.79 Å². The van der Waals surface area contributed by atoms with Gasteiger partial charge in [0.25, 0.3) is 0 Å². The summed E-state index contributed by atoms with van der Waals surface area (Å²) in [5.74, 6) is -5.37. The number of carboxylic acid groups (broad SMARTS) is 1. The van der Waals surface area contributed by atoms with Gasteiger partial charge in [-0.15, -0.1) is 0 Å². The number of nitrogens with zero attached hydrogens (tertiary/aromatic N) is 1. The number of alkyl halides is 3. The monoisotopic (exact) mass is 370 g/mol. The first-order chi connectivity index (χ1) is 10.6. The maximum Gasteiger partial charge on any atom is 0.394 e. The summed E-state index contributed by atoms with van der Waals surface area (Å²) < 4.78 is 38.6. The van der Waals surface area contributed by atoms with Gasteiger partial charge in [0, 0.05) is 18.8 Å². The number of benzene rings is 1. The van der Waals surface area contributed by atoms with Crippen LogP contribution >= 0.6 is 23.2 Å². The molecule has 1 heterocycles. The summed E-state index contributed by atoms with van der Waals surface area (Å²) in [6.45, 7) is -1.24. The van der Waals surface area contributed by atoms with Crippen molar-refractivity contribution in [2.45, 2.75) is 6.18 Å². The third-order valence-electron chi connectivity index (χ3n) is 3.52. The average molecular weight is 371 g/mol. The average Bonchev–Trinajstić information content (AvgIpc) is 2.88. The lowest BCUT2D eigenvalue weighted by Gasteiger charge is -2.18. The van der Waals surface area contributed by atoms with Crippen molar-refractivity contribution < 1.29 is 27.9 Å². The van der Waals surface area contributed by atoms with Gasteiger partial charge >= 0.3 is 18.2 Å². The quantitative estimate of drug-likeness (QED) is 0.833. The lowest BCUT2D eigenvalue weighted by molar-refractivity contribution is -0.187. The van der Waals surface area contributed by atoms with E-state index in [4.69, 9.17) is 28.3 Å². The summed E-state index contributed by atoms with van der Waals surface area (Å²) in [6.07, 6.45) is -4.69. The number of anilines is 1. The van der Waals surface area contributed by atoms with E-state index in [1.807, 2.05) is 0 Å². The Labute approximate surface area is 139 Å². The minimum atomic E-state index is -4.69. The van der Waals surface area contributed by atoms with Crippen LogP contribution in [0.2, 0.25) is 10.0 Å². The Morgan fingerprint density at radius 3 is 2.35 bits per heavy atom. The first-order valence-corrected chi connectivity index (χ1v) is 7.15. The van der Waals surface area contributed by atoms with Crippen LogP contribution in [0.15, 0.2) is 18.2 Å². The number of halogens is 5. The maximum absolute atomic E-state index is 12.9. The van der Waals surface area contributed by atoms with Crippen molar-refractivity contribution in [1.29, 1.82) is 0 Å². The number of hydrogen-bond donors (Lipinski definition) is 2. The Hall–Kier alpha value is -1.67. The van der Waals surface area contributed by atoms with E-state index in [1.54, 1.807) is 0 Å². The molecular weight excluding hydrogens is 360 g/mol. The van der Waals surface area contributed by atoms with Gasteiger partial charge in [-0.1, -0.05) is 23.2 Å². The molecule has 1 aromatic rings. The molecule has 2 N–H and O–H groups in total. The molecule has 0 aromatic heterocycles. The second kappa shape index (κ2) is 6.45. The van der Waals surface area contributed by atoms with Gasteiger partial charge in [-0.2, -0.15) is 13.2 Å². The van der Waals surface area contributed by atoms with Crippen molar-refractivity contribution in [2.24, 2.45) is 11.8 Å². The Morgan fingerprint density at radius 2 is 1.87 bits per heavy atom. The molecule has 0 bridgehead atoms. The van der Waals surface area contributed by atoms with Crippen molar-refractivity contribution in [3.05, 3.63) is 28.2 Å². The summed E-state index contributed by atoms with van der Waals surface area (Å²) in [5, 5.41) is 11.7. The van der Waals surface area contributed by atoms with E-state index in [1.165, 1.54) is 18.2 Å². The highest BCUT2D eigenvalue weighted by molar-refractivity contribution is 6.42. The van der Waals surface area contributed by atoms with Gasteiger partial charge < -0.3 is 15.3 Å². The fourth-order valence-electron chi connectivity index (χ4n) is 2.33. The standard InChI is InChI=1S/C13H11Cl2F3N2O3/c14-9-2-1-6(3-10(9)15)19-12(23)20-4-7(11(21)22)8(5-20)13(16,17)18/h1-3,7-8H,4-5H2,(H,19,23)(H,21,22)/t7-,8-/m1/s1. The van der Waals surface area contributed by atoms with Gasteiger partial charge in [0.05, 0.1) is 21.9 Å². The van der Waals surface area contributed by atoms with Crippen molar-refractivity contribution >= 4 is 40.9 Å². The van der Waals surface area contributed by atoms with Crippen LogP contribution in [0.25, 0.3) is 0 Å². The molecule has 0 aliphatic carbocycles. The number of likely N-dealkylation sites (tertiary alicyclic amines) is 1. The van der Waals surface area contributed by atoms with Gasteiger partial charge in [0.2, 0.25) is 0 Å². The van der Waals surface area contributed by atoms with Gasteiger partial charge in [-0.3, -0.25) is 4.79 Å². The normalized spacial score (nSPS) is 21.3. The molecule has 126 valence electrons. The number of urea groups is 1. The molecule has 2 amide bonds. The summed E-state index contributed by atoms with van der Waals surface area (Å²) in [6, 6.07) is 3.36. The number of hydrogen-bond acceptors (Lipinski definition) is 2. The van der Waals surface area contributed by atoms with Gasteiger partial charge in [0.1, 0.15) is 0 Å². The van der Waals surface area contributed by atoms with Gasteiger partial charge in [-0.05, 0) is 18.2 Å². The summed E-state index contributed by atoms with van der Waals surface area (Å²) in [7, 11) is 0. The minimum absolute atomic E-state index is 0.169. The van der Waals surface area contributed by atoms with E-state index in [9.17, 15) is 22.8 Å². The third kappa shape index (κ3) is 4.00. The van der Waals surface area contributed by atoms with Crippen molar-refractivity contribution in [3.63, 3.8) is 0 Å². The predicted molar refractivity (Wildman–Crippen MR) is 77.7 cm³/mol. The van der Waals surface area contributed by atoms with Crippen LogP contribution in [-0.4, -0.2) is 41.3 Å². The van der Waals surface area contributed by atoms with Crippen molar-refractivity contribution in [2.75, 3.05) is 18.4 Å². The molecular formula is C13H11Cl2F3N2O3. The van der Waals surface area contributed by atoms with E-state index in [2.05, 4.69) is 5.32 Å². The Bertz CT molecular complexity index is 639. The Balaban J connectivity index is 2.11. The number of carbonyl (C=O) groups excluding carboxylic acids is 1. The van der Waals surface area contributed by atoms with Crippen LogP contribution in [0, 0.1) is 11.8 Å². The SMILES string of the molecule is O=C(O)[C@@H]1CN(C(=O)Nc2ccc(Cl)c(Cl)c2)C[C@H]1C(F)(F)F. The fourth-order valence-corrected chi connectivity index (χ4v) is 2.63. The number of aliphatic carboxylic acids is 1. The topological polar surface area (TPSA) is 69.6 Å². The lowest BCUT2D eigenvalue weighted by Crippen LogP contribution is -2.35. The van der Waals surface area contributed by atoms with Crippen LogP contribution in [0.4, 0.5) is 23.7 Å². The molecule has 0 saturated carbocycles. The van der Waals surface area contributed by atoms with E-state index >= 15 is 0 Å². The molecule has 1 saturated heterocycles. The van der Waals surface area contributed by atoms with Gasteiger partial charge in [0.15, 0.2) is 0 Å². The molecule has 10 heteroatoms. The lowest BCUT2D eigenvalue weighted by atomic mass is 9.96. The molecule has 0 unspecified atom stereocenters. The number of rotatable bonds is 2. The molecule has 0 spiro atoms. The molecule has 1 aromatic carbocycles. The second-order valence-electron chi connectivity index (χ2n) is 5.06. The zero-order chi connectivity index (χ0) is 17.4. The zero-order valence-electron chi connectivity index (χ0n) is 11.4. The van der Waals surface area contributed by atoms with Crippen LogP contribution < -0.4 is 5.32 Å². The molecule has 5 nitrogen and oxygen atoms in total. The number of carboxylic acids is 1. The van der Waals surface area contributed by atoms with Crippen LogP contribution in [0.3, 0.4) is 0 Å². The number of amides is 2. The molecule has 1 aliphatic heterocycles. The van der Waals surface area contributed by atoms with E-state index in [-0.39, 0.29) is 15.7 Å². The first-order valence-electron chi connectivity index (χ1n) is 6.40. The van der Waals surface area contributed by atoms with E-state index in [0.29, 0.717) is 0 Å². The summed E-state index contributed by atoms with van der Waals surface area (Å²) >= 11 is 11.5. The highest BCUT2D eigenvalue weighted by atomic mass is 35.5. The van der Waals surface area contributed by atoms with Crippen LogP contribution in [0.5, 0.6) is 0 Å². The number of nitrogens with one attached hydrogen (secondary N) is 1. The predicted octanol–water partition coefficient (Wildman–Crippen LogP) is 3.72.